The first-order chi connectivity index (χ1) is 18.4. The minimum atomic E-state index is -0.635. The molecule has 200 valence electrons. The van der Waals surface area contributed by atoms with Crippen LogP contribution in [0.15, 0.2) is 48.5 Å². The van der Waals surface area contributed by atoms with Crippen LogP contribution < -0.4 is 16.1 Å². The van der Waals surface area contributed by atoms with Crippen LogP contribution in [0.1, 0.15) is 65.9 Å². The summed E-state index contributed by atoms with van der Waals surface area (Å²) >= 11 is 0. The standard InChI is InChI=1S/C27H31N5O6/c1-38-25(35)16-28-27(36)18-8-12-22-21(15-18)30-26(32(22)19-9-10-19)20(11-7-17-5-3-2-4-6-17)29-23(33)13-14-24(34)31-37/h2-6,8,12,15,19-20,37H,7,9-11,13-14,16H2,1H3,(H,28,36)(H,29,33)(H,31,34). The summed E-state index contributed by atoms with van der Waals surface area (Å²) in [4.78, 5) is 53.0. The topological polar surface area (TPSA) is 152 Å². The zero-order chi connectivity index (χ0) is 27.1. The fourth-order valence-corrected chi connectivity index (χ4v) is 4.32. The summed E-state index contributed by atoms with van der Waals surface area (Å²) in [5.41, 5.74) is 4.47. The van der Waals surface area contributed by atoms with Gasteiger partial charge in [0.15, 0.2) is 0 Å². The number of imidazole rings is 1. The summed E-state index contributed by atoms with van der Waals surface area (Å²) in [7, 11) is 1.25. The second kappa shape index (κ2) is 12.3. The summed E-state index contributed by atoms with van der Waals surface area (Å²) in [6.07, 6.45) is 3.01. The van der Waals surface area contributed by atoms with Crippen molar-refractivity contribution in [3.05, 3.63) is 65.5 Å². The van der Waals surface area contributed by atoms with Gasteiger partial charge < -0.3 is 19.9 Å². The quantitative estimate of drug-likeness (QED) is 0.162. The van der Waals surface area contributed by atoms with Crippen LogP contribution in [0.25, 0.3) is 11.0 Å². The number of hydrogen-bond donors (Lipinski definition) is 4. The van der Waals surface area contributed by atoms with Crippen molar-refractivity contribution in [2.45, 2.75) is 50.6 Å². The summed E-state index contributed by atoms with van der Waals surface area (Å²) in [5.74, 6) is -1.25. The number of ether oxygens (including phenoxy) is 1. The number of hydroxylamine groups is 1. The number of aryl methyl sites for hydroxylation is 1. The van der Waals surface area contributed by atoms with E-state index in [4.69, 9.17) is 10.2 Å². The molecule has 4 N–H and O–H groups in total. The molecule has 0 radical (unpaired) electrons. The zero-order valence-corrected chi connectivity index (χ0v) is 21.1. The molecule has 0 spiro atoms. The van der Waals surface area contributed by atoms with Gasteiger partial charge in [-0.15, -0.1) is 0 Å². The predicted octanol–water partition coefficient (Wildman–Crippen LogP) is 2.35. The fraction of sp³-hybridized carbons (Fsp3) is 0.370. The van der Waals surface area contributed by atoms with E-state index in [1.54, 1.807) is 17.6 Å². The van der Waals surface area contributed by atoms with Gasteiger partial charge in [-0.25, -0.2) is 10.5 Å². The number of carbonyl (C=O) groups excluding carboxylic acids is 4. The number of rotatable bonds is 12. The molecular formula is C27H31N5O6. The lowest BCUT2D eigenvalue weighted by Crippen LogP contribution is -2.32. The van der Waals surface area contributed by atoms with E-state index in [9.17, 15) is 19.2 Å². The molecule has 1 saturated carbocycles. The molecule has 1 atom stereocenters. The number of amides is 3. The highest BCUT2D eigenvalue weighted by Crippen LogP contribution is 2.40. The number of nitrogens with zero attached hydrogens (tertiary/aromatic N) is 2. The van der Waals surface area contributed by atoms with Gasteiger partial charge in [0.05, 0.1) is 24.2 Å². The zero-order valence-electron chi connectivity index (χ0n) is 21.1. The average Bonchev–Trinajstić information content (AvgIpc) is 3.71. The van der Waals surface area contributed by atoms with E-state index in [0.29, 0.717) is 29.7 Å². The van der Waals surface area contributed by atoms with Crippen molar-refractivity contribution in [1.29, 1.82) is 0 Å². The third-order valence-corrected chi connectivity index (χ3v) is 6.43. The number of hydrogen-bond acceptors (Lipinski definition) is 7. The molecule has 1 aliphatic carbocycles. The highest BCUT2D eigenvalue weighted by molar-refractivity contribution is 5.98. The minimum absolute atomic E-state index is 0.0810. The van der Waals surface area contributed by atoms with E-state index in [1.165, 1.54) is 7.11 Å². The van der Waals surface area contributed by atoms with Crippen molar-refractivity contribution in [2.24, 2.45) is 0 Å². The van der Waals surface area contributed by atoms with Crippen molar-refractivity contribution in [1.82, 2.24) is 25.7 Å². The van der Waals surface area contributed by atoms with Gasteiger partial charge in [0.2, 0.25) is 11.8 Å². The fourth-order valence-electron chi connectivity index (χ4n) is 4.32. The molecule has 1 heterocycles. The maximum atomic E-state index is 12.8. The highest BCUT2D eigenvalue weighted by Gasteiger charge is 2.32. The van der Waals surface area contributed by atoms with Crippen LogP contribution in [0.5, 0.6) is 0 Å². The number of benzene rings is 2. The Kier molecular flexibility index (Phi) is 8.70. The summed E-state index contributed by atoms with van der Waals surface area (Å²) in [6, 6.07) is 14.9. The molecule has 4 rings (SSSR count). The van der Waals surface area contributed by atoms with Crippen LogP contribution in [0.2, 0.25) is 0 Å². The summed E-state index contributed by atoms with van der Waals surface area (Å²) in [5, 5.41) is 14.3. The summed E-state index contributed by atoms with van der Waals surface area (Å²) < 4.78 is 6.70. The second-order valence-corrected chi connectivity index (χ2v) is 9.21. The van der Waals surface area contributed by atoms with Crippen LogP contribution in [0, 0.1) is 0 Å². The van der Waals surface area contributed by atoms with Crippen LogP contribution in [-0.2, 0) is 25.5 Å². The van der Waals surface area contributed by atoms with Gasteiger partial charge in [-0.3, -0.25) is 24.4 Å². The first kappa shape index (κ1) is 26.8. The van der Waals surface area contributed by atoms with Gasteiger partial charge in [-0.1, -0.05) is 30.3 Å². The molecule has 0 saturated heterocycles. The molecule has 1 unspecified atom stereocenters. The van der Waals surface area contributed by atoms with Gasteiger partial charge in [-0.05, 0) is 49.4 Å². The van der Waals surface area contributed by atoms with Crippen molar-refractivity contribution < 1.29 is 29.1 Å². The van der Waals surface area contributed by atoms with E-state index in [1.807, 2.05) is 36.4 Å². The van der Waals surface area contributed by atoms with Gasteiger partial charge in [0, 0.05) is 24.4 Å². The van der Waals surface area contributed by atoms with Gasteiger partial charge >= 0.3 is 5.97 Å². The van der Waals surface area contributed by atoms with Crippen molar-refractivity contribution in [3.8, 4) is 0 Å². The Balaban J connectivity index is 1.62. The number of nitrogens with one attached hydrogen (secondary N) is 3. The molecule has 11 nitrogen and oxygen atoms in total. The van der Waals surface area contributed by atoms with Crippen LogP contribution in [-0.4, -0.2) is 52.1 Å². The molecule has 0 aliphatic heterocycles. The monoisotopic (exact) mass is 521 g/mol. The van der Waals surface area contributed by atoms with Gasteiger partial charge in [0.25, 0.3) is 5.91 Å². The highest BCUT2D eigenvalue weighted by atomic mass is 16.5. The maximum absolute atomic E-state index is 12.8. The molecular weight excluding hydrogens is 490 g/mol. The normalized spacial score (nSPS) is 13.5. The van der Waals surface area contributed by atoms with E-state index < -0.39 is 23.8 Å². The number of methoxy groups -OCH3 is 1. The molecule has 11 heteroatoms. The number of carbonyl (C=O) groups is 4. The molecule has 3 amide bonds. The Morgan fingerprint density at radius 3 is 2.50 bits per heavy atom. The van der Waals surface area contributed by atoms with E-state index >= 15 is 0 Å². The smallest absolute Gasteiger partial charge is 0.325 e. The molecule has 1 aliphatic rings. The number of fused-ring (bicyclic) bond motifs is 1. The minimum Gasteiger partial charge on any atom is -0.468 e. The molecule has 0 bridgehead atoms. The molecule has 1 aromatic heterocycles. The van der Waals surface area contributed by atoms with E-state index in [2.05, 4.69) is 19.9 Å². The third kappa shape index (κ3) is 6.74. The predicted molar refractivity (Wildman–Crippen MR) is 137 cm³/mol. The Hall–Kier alpha value is -4.25. The van der Waals surface area contributed by atoms with Crippen LogP contribution in [0.4, 0.5) is 0 Å². The second-order valence-electron chi connectivity index (χ2n) is 9.21. The Morgan fingerprint density at radius 2 is 1.82 bits per heavy atom. The molecule has 2 aromatic carbocycles. The molecule has 1 fully saturated rings. The third-order valence-electron chi connectivity index (χ3n) is 6.43. The van der Waals surface area contributed by atoms with Crippen molar-refractivity contribution in [2.75, 3.05) is 13.7 Å². The van der Waals surface area contributed by atoms with Crippen molar-refractivity contribution in [3.63, 3.8) is 0 Å². The maximum Gasteiger partial charge on any atom is 0.325 e. The first-order valence-electron chi connectivity index (χ1n) is 12.5. The first-order valence-corrected chi connectivity index (χ1v) is 12.5. The average molecular weight is 522 g/mol. The lowest BCUT2D eigenvalue weighted by Gasteiger charge is -2.20. The Bertz CT molecular complexity index is 1320. The SMILES string of the molecule is COC(=O)CNC(=O)c1ccc2c(c1)nc(C(CCc1ccccc1)NC(=O)CCC(=O)NO)n2C1CC1. The summed E-state index contributed by atoms with van der Waals surface area (Å²) in [6.45, 7) is -0.239. The number of aromatic nitrogens is 2. The van der Waals surface area contributed by atoms with Crippen molar-refractivity contribution >= 4 is 34.7 Å². The molecule has 38 heavy (non-hydrogen) atoms. The lowest BCUT2D eigenvalue weighted by atomic mass is 10.0. The van der Waals surface area contributed by atoms with Crippen LogP contribution >= 0.6 is 0 Å². The number of esters is 1. The van der Waals surface area contributed by atoms with E-state index in [-0.39, 0.29) is 31.3 Å². The Labute approximate surface area is 219 Å². The lowest BCUT2D eigenvalue weighted by molar-refractivity contribution is -0.139. The van der Waals surface area contributed by atoms with Gasteiger partial charge in [-0.2, -0.15) is 0 Å². The largest absolute Gasteiger partial charge is 0.468 e. The van der Waals surface area contributed by atoms with E-state index in [0.717, 1.165) is 23.9 Å². The molecule has 3 aromatic rings. The Morgan fingerprint density at radius 1 is 1.08 bits per heavy atom. The van der Waals surface area contributed by atoms with Crippen LogP contribution in [0.3, 0.4) is 0 Å². The van der Waals surface area contributed by atoms with Gasteiger partial charge in [0.1, 0.15) is 12.4 Å².